The van der Waals surface area contributed by atoms with E-state index in [0.717, 1.165) is 24.8 Å². The van der Waals surface area contributed by atoms with E-state index < -0.39 is 10.0 Å². The van der Waals surface area contributed by atoms with Gasteiger partial charge >= 0.3 is 0 Å². The Kier molecular flexibility index (Phi) is 8.96. The smallest absolute Gasteiger partial charge is 0.243 e. The fraction of sp³-hybridized carbons (Fsp3) is 0.381. The first-order valence-corrected chi connectivity index (χ1v) is 11.3. The van der Waals surface area contributed by atoms with Crippen LogP contribution in [0, 0.1) is 0 Å². The predicted octanol–water partition coefficient (Wildman–Crippen LogP) is 3.88. The van der Waals surface area contributed by atoms with Crippen LogP contribution in [-0.2, 0) is 21.2 Å². The van der Waals surface area contributed by atoms with E-state index in [2.05, 4.69) is 12.2 Å². The third-order valence-electron chi connectivity index (χ3n) is 4.37. The van der Waals surface area contributed by atoms with Crippen LogP contribution in [0.1, 0.15) is 31.7 Å². The molecule has 0 spiro atoms. The van der Waals surface area contributed by atoms with Gasteiger partial charge in [-0.25, -0.2) is 8.42 Å². The molecule has 0 saturated carbocycles. The highest BCUT2D eigenvalue weighted by molar-refractivity contribution is 7.89. The number of rotatable bonds is 11. The lowest BCUT2D eigenvalue weighted by Crippen LogP contribution is -2.42. The summed E-state index contributed by atoms with van der Waals surface area (Å²) in [7, 11) is -3.80. The number of benzene rings is 2. The zero-order valence-electron chi connectivity index (χ0n) is 16.1. The van der Waals surface area contributed by atoms with Gasteiger partial charge in [0.25, 0.3) is 0 Å². The van der Waals surface area contributed by atoms with Crippen molar-refractivity contribution >= 4 is 27.5 Å². The van der Waals surface area contributed by atoms with Gasteiger partial charge in [-0.1, -0.05) is 61.7 Å². The number of nitrogens with zero attached hydrogens (tertiary/aromatic N) is 1. The van der Waals surface area contributed by atoms with Crippen molar-refractivity contribution in [3.63, 3.8) is 0 Å². The van der Waals surface area contributed by atoms with Gasteiger partial charge in [0.2, 0.25) is 15.9 Å². The predicted molar refractivity (Wildman–Crippen MR) is 113 cm³/mol. The van der Waals surface area contributed by atoms with Gasteiger partial charge in [-0.3, -0.25) is 4.79 Å². The van der Waals surface area contributed by atoms with Gasteiger partial charge in [0.05, 0.1) is 11.4 Å². The van der Waals surface area contributed by atoms with Crippen LogP contribution in [0.2, 0.25) is 5.02 Å². The minimum atomic E-state index is -3.80. The molecule has 0 aliphatic rings. The zero-order chi connectivity index (χ0) is 20.4. The maximum atomic E-state index is 13.1. The van der Waals surface area contributed by atoms with Crippen molar-refractivity contribution in [1.29, 1.82) is 0 Å². The first-order chi connectivity index (χ1) is 13.4. The summed E-state index contributed by atoms with van der Waals surface area (Å²) in [4.78, 5) is 12.5. The van der Waals surface area contributed by atoms with E-state index in [1.54, 1.807) is 0 Å². The number of amides is 1. The van der Waals surface area contributed by atoms with Crippen molar-refractivity contribution in [3.8, 4) is 0 Å². The van der Waals surface area contributed by atoms with E-state index in [0.29, 0.717) is 18.0 Å². The molecule has 0 aliphatic heterocycles. The van der Waals surface area contributed by atoms with E-state index >= 15 is 0 Å². The zero-order valence-corrected chi connectivity index (χ0v) is 17.7. The van der Waals surface area contributed by atoms with E-state index in [1.807, 2.05) is 30.3 Å². The average Bonchev–Trinajstić information content (AvgIpc) is 2.69. The number of sulfonamides is 1. The van der Waals surface area contributed by atoms with E-state index in [1.165, 1.54) is 28.6 Å². The molecular weight excluding hydrogens is 396 g/mol. The molecule has 1 amide bonds. The quantitative estimate of drug-likeness (QED) is 0.559. The van der Waals surface area contributed by atoms with Gasteiger partial charge in [0.15, 0.2) is 0 Å². The number of hydrogen-bond donors (Lipinski definition) is 1. The Morgan fingerprint density at radius 2 is 1.71 bits per heavy atom. The fourth-order valence-electron chi connectivity index (χ4n) is 2.76. The van der Waals surface area contributed by atoms with Crippen molar-refractivity contribution in [3.05, 3.63) is 65.2 Å². The van der Waals surface area contributed by atoms with Crippen molar-refractivity contribution < 1.29 is 13.2 Å². The maximum absolute atomic E-state index is 13.1. The van der Waals surface area contributed by atoms with E-state index in [9.17, 15) is 13.2 Å². The Morgan fingerprint density at radius 3 is 2.36 bits per heavy atom. The molecule has 2 aromatic carbocycles. The van der Waals surface area contributed by atoms with Crippen LogP contribution < -0.4 is 5.32 Å². The SMILES string of the molecule is CCCCCNC(=O)CN(CCc1ccccc1)S(=O)(=O)c1ccc(Cl)cc1. The molecule has 0 atom stereocenters. The van der Waals surface area contributed by atoms with Crippen molar-refractivity contribution in [2.24, 2.45) is 0 Å². The van der Waals surface area contributed by atoms with Gasteiger partial charge in [-0.05, 0) is 42.7 Å². The average molecular weight is 423 g/mol. The summed E-state index contributed by atoms with van der Waals surface area (Å²) in [6.07, 6.45) is 3.50. The van der Waals surface area contributed by atoms with Crippen LogP contribution >= 0.6 is 11.6 Å². The molecule has 0 saturated heterocycles. The Morgan fingerprint density at radius 1 is 1.04 bits per heavy atom. The molecule has 2 aromatic rings. The number of carbonyl (C=O) groups is 1. The van der Waals surface area contributed by atoms with Crippen LogP contribution in [0.15, 0.2) is 59.5 Å². The molecule has 1 N–H and O–H groups in total. The molecule has 2 rings (SSSR count). The molecule has 0 aromatic heterocycles. The maximum Gasteiger partial charge on any atom is 0.243 e. The summed E-state index contributed by atoms with van der Waals surface area (Å²) in [5.74, 6) is -0.290. The Bertz CT molecular complexity index is 840. The lowest BCUT2D eigenvalue weighted by atomic mass is 10.1. The number of halogens is 1. The number of carbonyl (C=O) groups excluding carboxylic acids is 1. The molecule has 152 valence electrons. The second-order valence-electron chi connectivity index (χ2n) is 6.59. The molecule has 0 aliphatic carbocycles. The van der Waals surface area contributed by atoms with Crippen LogP contribution in [0.4, 0.5) is 0 Å². The second kappa shape index (κ2) is 11.2. The molecule has 0 unspecified atom stereocenters. The van der Waals surface area contributed by atoms with Crippen LogP contribution in [0.3, 0.4) is 0 Å². The lowest BCUT2D eigenvalue weighted by Gasteiger charge is -2.22. The van der Waals surface area contributed by atoms with Crippen molar-refractivity contribution in [2.75, 3.05) is 19.6 Å². The summed E-state index contributed by atoms with van der Waals surface area (Å²) in [5.41, 5.74) is 1.02. The first-order valence-electron chi connectivity index (χ1n) is 9.50. The molecule has 5 nitrogen and oxygen atoms in total. The molecule has 28 heavy (non-hydrogen) atoms. The first kappa shape index (κ1) is 22.4. The van der Waals surface area contributed by atoms with E-state index in [4.69, 9.17) is 11.6 Å². The highest BCUT2D eigenvalue weighted by Gasteiger charge is 2.26. The topological polar surface area (TPSA) is 66.5 Å². The molecule has 0 fully saturated rings. The Hall–Kier alpha value is -1.89. The highest BCUT2D eigenvalue weighted by atomic mass is 35.5. The minimum Gasteiger partial charge on any atom is -0.355 e. The van der Waals surface area contributed by atoms with Crippen LogP contribution in [0.5, 0.6) is 0 Å². The van der Waals surface area contributed by atoms with Gasteiger partial charge in [-0.15, -0.1) is 0 Å². The highest BCUT2D eigenvalue weighted by Crippen LogP contribution is 2.19. The van der Waals surface area contributed by atoms with Crippen molar-refractivity contribution in [2.45, 2.75) is 37.5 Å². The normalized spacial score (nSPS) is 11.5. The minimum absolute atomic E-state index is 0.128. The monoisotopic (exact) mass is 422 g/mol. The summed E-state index contributed by atoms with van der Waals surface area (Å²) < 4.78 is 27.4. The lowest BCUT2D eigenvalue weighted by molar-refractivity contribution is -0.121. The molecule has 0 bridgehead atoms. The van der Waals surface area contributed by atoms with Crippen LogP contribution in [-0.4, -0.2) is 38.3 Å². The largest absolute Gasteiger partial charge is 0.355 e. The molecule has 0 heterocycles. The molecular formula is C21H27ClN2O3S. The van der Waals surface area contributed by atoms with Gasteiger partial charge in [-0.2, -0.15) is 4.31 Å². The van der Waals surface area contributed by atoms with Gasteiger partial charge < -0.3 is 5.32 Å². The van der Waals surface area contributed by atoms with Crippen molar-refractivity contribution in [1.82, 2.24) is 9.62 Å². The van der Waals surface area contributed by atoms with Gasteiger partial charge in [0, 0.05) is 18.1 Å². The summed E-state index contributed by atoms with van der Waals surface area (Å²) >= 11 is 5.88. The Balaban J connectivity index is 2.12. The second-order valence-corrected chi connectivity index (χ2v) is 8.96. The Labute approximate surface area is 172 Å². The van der Waals surface area contributed by atoms with Gasteiger partial charge in [0.1, 0.15) is 0 Å². The van der Waals surface area contributed by atoms with Crippen LogP contribution in [0.25, 0.3) is 0 Å². The summed E-state index contributed by atoms with van der Waals surface area (Å²) in [5, 5.41) is 3.27. The molecule has 0 radical (unpaired) electrons. The molecule has 7 heteroatoms. The summed E-state index contributed by atoms with van der Waals surface area (Å²) in [6.45, 7) is 2.66. The standard InChI is InChI=1S/C21H27ClN2O3S/c1-2-3-7-15-23-21(25)17-24(16-14-18-8-5-4-6-9-18)28(26,27)20-12-10-19(22)11-13-20/h4-6,8-13H,2-3,7,14-17H2,1H3,(H,23,25). The number of unbranched alkanes of at least 4 members (excludes halogenated alkanes) is 2. The fourth-order valence-corrected chi connectivity index (χ4v) is 4.28. The van der Waals surface area contributed by atoms with E-state index in [-0.39, 0.29) is 23.9 Å². The third kappa shape index (κ3) is 6.93. The number of hydrogen-bond acceptors (Lipinski definition) is 3. The summed E-state index contributed by atoms with van der Waals surface area (Å²) in [6, 6.07) is 15.6. The number of nitrogens with one attached hydrogen (secondary N) is 1. The third-order valence-corrected chi connectivity index (χ3v) is 6.48.